The number of ether oxygens (including phenoxy) is 1. The van der Waals surface area contributed by atoms with E-state index in [9.17, 15) is 0 Å². The molecule has 0 bridgehead atoms. The maximum absolute atomic E-state index is 6.25. The van der Waals surface area contributed by atoms with Crippen LogP contribution in [0.2, 0.25) is 0 Å². The van der Waals surface area contributed by atoms with Crippen LogP contribution in [0.1, 0.15) is 57.2 Å². The second-order valence-electron chi connectivity index (χ2n) is 5.80. The summed E-state index contributed by atoms with van der Waals surface area (Å²) < 4.78 is 6.25. The van der Waals surface area contributed by atoms with Gasteiger partial charge in [0.15, 0.2) is 0 Å². The van der Waals surface area contributed by atoms with Gasteiger partial charge in [0.05, 0.1) is 0 Å². The van der Waals surface area contributed by atoms with Crippen LogP contribution < -0.4 is 10.1 Å². The lowest BCUT2D eigenvalue weighted by atomic mass is 9.85. The van der Waals surface area contributed by atoms with Gasteiger partial charge < -0.3 is 10.1 Å². The summed E-state index contributed by atoms with van der Waals surface area (Å²) in [5.41, 5.74) is 2.38. The summed E-state index contributed by atoms with van der Waals surface area (Å²) in [7, 11) is 1.97. The molecule has 1 aliphatic carbocycles. The number of rotatable bonds is 6. The summed E-state index contributed by atoms with van der Waals surface area (Å²) in [6.07, 6.45) is 7.65. The molecule has 1 fully saturated rings. The molecule has 1 aromatic heterocycles. The van der Waals surface area contributed by atoms with Crippen molar-refractivity contribution >= 4 is 0 Å². The van der Waals surface area contributed by atoms with Gasteiger partial charge in [-0.05, 0) is 56.7 Å². The van der Waals surface area contributed by atoms with Gasteiger partial charge in [-0.1, -0.05) is 20.3 Å². The van der Waals surface area contributed by atoms with Crippen LogP contribution in [0.5, 0.6) is 5.88 Å². The monoisotopic (exact) mass is 276 g/mol. The van der Waals surface area contributed by atoms with Gasteiger partial charge in [-0.15, -0.1) is 0 Å². The number of aryl methyl sites for hydroxylation is 1. The van der Waals surface area contributed by atoms with Gasteiger partial charge in [-0.25, -0.2) is 4.98 Å². The van der Waals surface area contributed by atoms with Crippen LogP contribution in [0.4, 0.5) is 0 Å². The summed E-state index contributed by atoms with van der Waals surface area (Å²) in [5.74, 6) is 1.52. The normalized spacial score (nSPS) is 22.8. The molecule has 0 aromatic carbocycles. The summed E-state index contributed by atoms with van der Waals surface area (Å²) >= 11 is 0. The van der Waals surface area contributed by atoms with Crippen LogP contribution in [0.3, 0.4) is 0 Å². The molecule has 0 spiro atoms. The highest BCUT2D eigenvalue weighted by Crippen LogP contribution is 2.30. The van der Waals surface area contributed by atoms with Gasteiger partial charge in [0.25, 0.3) is 0 Å². The fourth-order valence-corrected chi connectivity index (χ4v) is 3.12. The highest BCUT2D eigenvalue weighted by molar-refractivity contribution is 5.25. The minimum atomic E-state index is 0.357. The van der Waals surface area contributed by atoms with Crippen LogP contribution in [-0.2, 0) is 13.0 Å². The van der Waals surface area contributed by atoms with Crippen LogP contribution in [0.15, 0.2) is 12.1 Å². The van der Waals surface area contributed by atoms with E-state index < -0.39 is 0 Å². The van der Waals surface area contributed by atoms with Gasteiger partial charge in [0.2, 0.25) is 5.88 Å². The van der Waals surface area contributed by atoms with Crippen molar-refractivity contribution in [2.45, 2.75) is 65.0 Å². The topological polar surface area (TPSA) is 34.1 Å². The lowest BCUT2D eigenvalue weighted by molar-refractivity contribution is 0.0855. The summed E-state index contributed by atoms with van der Waals surface area (Å²) in [5, 5.41) is 3.20. The number of pyridine rings is 1. The zero-order valence-corrected chi connectivity index (χ0v) is 13.1. The Hall–Kier alpha value is -1.09. The van der Waals surface area contributed by atoms with Crippen LogP contribution >= 0.6 is 0 Å². The Morgan fingerprint density at radius 2 is 2.05 bits per heavy atom. The van der Waals surface area contributed by atoms with Crippen molar-refractivity contribution in [3.63, 3.8) is 0 Å². The molecular weight excluding hydrogens is 248 g/mol. The number of hydrogen-bond donors (Lipinski definition) is 1. The third-order valence-corrected chi connectivity index (χ3v) is 4.29. The van der Waals surface area contributed by atoms with Crippen molar-refractivity contribution < 1.29 is 4.74 Å². The van der Waals surface area contributed by atoms with E-state index in [4.69, 9.17) is 4.74 Å². The van der Waals surface area contributed by atoms with E-state index >= 15 is 0 Å². The average Bonchev–Trinajstić information content (AvgIpc) is 2.48. The van der Waals surface area contributed by atoms with Crippen molar-refractivity contribution in [2.24, 2.45) is 5.92 Å². The largest absolute Gasteiger partial charge is 0.474 e. The molecule has 2 atom stereocenters. The molecule has 0 aliphatic heterocycles. The van der Waals surface area contributed by atoms with Crippen molar-refractivity contribution in [2.75, 3.05) is 7.05 Å². The fraction of sp³-hybridized carbons (Fsp3) is 0.706. The zero-order chi connectivity index (χ0) is 14.4. The lowest BCUT2D eigenvalue weighted by Gasteiger charge is -2.31. The van der Waals surface area contributed by atoms with E-state index in [2.05, 4.69) is 36.3 Å². The Labute approximate surface area is 123 Å². The van der Waals surface area contributed by atoms with Crippen molar-refractivity contribution in [3.05, 3.63) is 23.4 Å². The summed E-state index contributed by atoms with van der Waals surface area (Å²) in [6, 6.07) is 4.26. The molecule has 1 aromatic rings. The Bertz CT molecular complexity index is 419. The lowest BCUT2D eigenvalue weighted by Crippen LogP contribution is -2.30. The molecule has 1 aliphatic rings. The molecule has 0 saturated heterocycles. The maximum atomic E-state index is 6.25. The highest BCUT2D eigenvalue weighted by Gasteiger charge is 2.25. The van der Waals surface area contributed by atoms with Crippen LogP contribution in [0, 0.1) is 5.92 Å². The van der Waals surface area contributed by atoms with Crippen LogP contribution in [-0.4, -0.2) is 18.1 Å². The number of nitrogens with zero attached hydrogens (tertiary/aromatic N) is 1. The minimum absolute atomic E-state index is 0.357. The SMILES string of the molecule is CCc1cc(CNC)cc(OC2CCCCC2CC)n1. The molecule has 0 amide bonds. The average molecular weight is 276 g/mol. The van der Waals surface area contributed by atoms with Gasteiger partial charge in [0.1, 0.15) is 6.10 Å². The number of aromatic nitrogens is 1. The van der Waals surface area contributed by atoms with Crippen molar-refractivity contribution in [1.82, 2.24) is 10.3 Å². The highest BCUT2D eigenvalue weighted by atomic mass is 16.5. The second kappa shape index (κ2) is 7.63. The second-order valence-corrected chi connectivity index (χ2v) is 5.80. The van der Waals surface area contributed by atoms with E-state index in [-0.39, 0.29) is 0 Å². The Kier molecular flexibility index (Phi) is 5.84. The molecule has 2 unspecified atom stereocenters. The van der Waals surface area contributed by atoms with Gasteiger partial charge in [-0.2, -0.15) is 0 Å². The molecule has 3 nitrogen and oxygen atoms in total. The first kappa shape index (κ1) is 15.3. The van der Waals surface area contributed by atoms with Crippen LogP contribution in [0.25, 0.3) is 0 Å². The Balaban J connectivity index is 2.12. The molecule has 112 valence electrons. The fourth-order valence-electron chi connectivity index (χ4n) is 3.12. The minimum Gasteiger partial charge on any atom is -0.474 e. The molecule has 1 N–H and O–H groups in total. The molecule has 0 radical (unpaired) electrons. The Morgan fingerprint density at radius 3 is 2.75 bits per heavy atom. The summed E-state index contributed by atoms with van der Waals surface area (Å²) in [4.78, 5) is 4.65. The van der Waals surface area contributed by atoms with E-state index in [0.717, 1.165) is 24.5 Å². The Morgan fingerprint density at radius 1 is 1.25 bits per heavy atom. The molecule has 20 heavy (non-hydrogen) atoms. The molecule has 2 rings (SSSR count). The van der Waals surface area contributed by atoms with Gasteiger partial charge in [-0.3, -0.25) is 0 Å². The predicted molar refractivity (Wildman–Crippen MR) is 83.0 cm³/mol. The standard InChI is InChI=1S/C17H28N2O/c1-4-14-8-6-7-9-16(14)20-17-11-13(12-18-3)10-15(5-2)19-17/h10-11,14,16,18H,4-9,12H2,1-3H3. The molecular formula is C17H28N2O. The first-order valence-electron chi connectivity index (χ1n) is 8.07. The summed E-state index contributed by atoms with van der Waals surface area (Å²) in [6.45, 7) is 5.28. The van der Waals surface area contributed by atoms with Gasteiger partial charge in [0, 0.05) is 18.3 Å². The molecule has 1 heterocycles. The van der Waals surface area contributed by atoms with E-state index in [1.165, 1.54) is 37.7 Å². The predicted octanol–water partition coefficient (Wildman–Crippen LogP) is 3.71. The first-order valence-corrected chi connectivity index (χ1v) is 8.07. The smallest absolute Gasteiger partial charge is 0.214 e. The maximum Gasteiger partial charge on any atom is 0.214 e. The first-order chi connectivity index (χ1) is 9.76. The van der Waals surface area contributed by atoms with E-state index in [0.29, 0.717) is 12.0 Å². The van der Waals surface area contributed by atoms with Crippen molar-refractivity contribution in [1.29, 1.82) is 0 Å². The molecule has 3 heteroatoms. The zero-order valence-electron chi connectivity index (χ0n) is 13.1. The quantitative estimate of drug-likeness (QED) is 0.860. The van der Waals surface area contributed by atoms with E-state index in [1.54, 1.807) is 0 Å². The van der Waals surface area contributed by atoms with Crippen molar-refractivity contribution in [3.8, 4) is 5.88 Å². The van der Waals surface area contributed by atoms with E-state index in [1.807, 2.05) is 7.05 Å². The molecule has 1 saturated carbocycles. The van der Waals surface area contributed by atoms with Gasteiger partial charge >= 0.3 is 0 Å². The number of hydrogen-bond acceptors (Lipinski definition) is 3. The third-order valence-electron chi connectivity index (χ3n) is 4.29. The third kappa shape index (κ3) is 3.95. The number of nitrogens with one attached hydrogen (secondary N) is 1.